The highest BCUT2D eigenvalue weighted by atomic mass is 16.6. The molecule has 0 saturated carbocycles. The van der Waals surface area contributed by atoms with E-state index < -0.39 is 0 Å². The fraction of sp³-hybridized carbons (Fsp3) is 0.250. The number of hydrogen-bond donors (Lipinski definition) is 1. The number of methoxy groups -OCH3 is 1. The Bertz CT molecular complexity index is 673. The Balaban J connectivity index is 1.89. The Morgan fingerprint density at radius 1 is 1.27 bits per heavy atom. The predicted octanol–water partition coefficient (Wildman–Crippen LogP) is 2.71. The highest BCUT2D eigenvalue weighted by Crippen LogP contribution is 2.30. The zero-order chi connectivity index (χ0) is 15.5. The molecular formula is C16H17N3O3. The molecule has 114 valence electrons. The van der Waals surface area contributed by atoms with Crippen LogP contribution in [0.15, 0.2) is 48.5 Å². The number of nitro groups is 1. The van der Waals surface area contributed by atoms with E-state index in [0.717, 1.165) is 30.1 Å². The van der Waals surface area contributed by atoms with Gasteiger partial charge in [0.05, 0.1) is 12.0 Å². The van der Waals surface area contributed by atoms with Crippen LogP contribution in [0, 0.1) is 10.1 Å². The number of ether oxygens (including phenoxy) is 1. The third-order valence-electron chi connectivity index (χ3n) is 3.80. The van der Waals surface area contributed by atoms with Gasteiger partial charge in [0.15, 0.2) is 0 Å². The maximum Gasteiger partial charge on any atom is 0.269 e. The summed E-state index contributed by atoms with van der Waals surface area (Å²) in [5.41, 5.74) is 2.06. The number of nitrogens with one attached hydrogen (secondary N) is 1. The van der Waals surface area contributed by atoms with Crippen molar-refractivity contribution in [1.82, 2.24) is 5.32 Å². The molecule has 0 bridgehead atoms. The van der Waals surface area contributed by atoms with E-state index in [1.807, 2.05) is 30.3 Å². The fourth-order valence-corrected chi connectivity index (χ4v) is 2.72. The minimum absolute atomic E-state index is 0.0618. The van der Waals surface area contributed by atoms with Crippen LogP contribution in [0.1, 0.15) is 11.7 Å². The largest absolute Gasteiger partial charge is 0.497 e. The van der Waals surface area contributed by atoms with Gasteiger partial charge in [-0.3, -0.25) is 15.4 Å². The second-order valence-electron chi connectivity index (χ2n) is 5.10. The predicted molar refractivity (Wildman–Crippen MR) is 84.2 cm³/mol. The van der Waals surface area contributed by atoms with E-state index >= 15 is 0 Å². The lowest BCUT2D eigenvalue weighted by Crippen LogP contribution is -2.27. The molecule has 0 aromatic heterocycles. The van der Waals surface area contributed by atoms with E-state index in [4.69, 9.17) is 4.74 Å². The molecule has 6 heteroatoms. The first-order valence-corrected chi connectivity index (χ1v) is 7.07. The van der Waals surface area contributed by atoms with Crippen LogP contribution >= 0.6 is 0 Å². The number of rotatable bonds is 4. The standard InChI is InChI=1S/C16H17N3O3/c1-22-15-7-5-13(6-8-15)18-10-9-17-16(18)12-3-2-4-14(11-12)19(20)21/h2-8,11,16-17H,9-10H2,1H3. The third-order valence-corrected chi connectivity index (χ3v) is 3.80. The number of anilines is 1. The van der Waals surface area contributed by atoms with Gasteiger partial charge in [0.2, 0.25) is 0 Å². The highest BCUT2D eigenvalue weighted by Gasteiger charge is 2.26. The maximum atomic E-state index is 10.9. The number of hydrogen-bond acceptors (Lipinski definition) is 5. The summed E-state index contributed by atoms with van der Waals surface area (Å²) in [7, 11) is 1.64. The Labute approximate surface area is 128 Å². The van der Waals surface area contributed by atoms with Gasteiger partial charge in [-0.1, -0.05) is 12.1 Å². The molecule has 22 heavy (non-hydrogen) atoms. The van der Waals surface area contributed by atoms with Crippen molar-refractivity contribution >= 4 is 11.4 Å². The molecule has 0 radical (unpaired) electrons. The van der Waals surface area contributed by atoms with E-state index in [2.05, 4.69) is 10.2 Å². The molecule has 1 saturated heterocycles. The summed E-state index contributed by atoms with van der Waals surface area (Å²) in [4.78, 5) is 12.8. The van der Waals surface area contributed by atoms with Gasteiger partial charge >= 0.3 is 0 Å². The molecule has 0 aliphatic carbocycles. The van der Waals surface area contributed by atoms with E-state index in [9.17, 15) is 10.1 Å². The van der Waals surface area contributed by atoms with Crippen molar-refractivity contribution in [3.05, 3.63) is 64.2 Å². The third kappa shape index (κ3) is 2.73. The zero-order valence-corrected chi connectivity index (χ0v) is 12.2. The maximum absolute atomic E-state index is 10.9. The quantitative estimate of drug-likeness (QED) is 0.694. The van der Waals surface area contributed by atoms with Gasteiger partial charge in [0.25, 0.3) is 5.69 Å². The van der Waals surface area contributed by atoms with Crippen molar-refractivity contribution in [2.45, 2.75) is 6.17 Å². The molecular weight excluding hydrogens is 282 g/mol. The first-order chi connectivity index (χ1) is 10.7. The molecule has 1 heterocycles. The van der Waals surface area contributed by atoms with Crippen LogP contribution in [0.2, 0.25) is 0 Å². The minimum atomic E-state index is -0.365. The lowest BCUT2D eigenvalue weighted by Gasteiger charge is -2.26. The van der Waals surface area contributed by atoms with Crippen molar-refractivity contribution in [2.24, 2.45) is 0 Å². The fourth-order valence-electron chi connectivity index (χ4n) is 2.72. The highest BCUT2D eigenvalue weighted by molar-refractivity contribution is 5.52. The summed E-state index contributed by atoms with van der Waals surface area (Å²) in [6.07, 6.45) is -0.0618. The summed E-state index contributed by atoms with van der Waals surface area (Å²) < 4.78 is 5.18. The molecule has 6 nitrogen and oxygen atoms in total. The zero-order valence-electron chi connectivity index (χ0n) is 12.2. The van der Waals surface area contributed by atoms with Crippen molar-refractivity contribution in [3.63, 3.8) is 0 Å². The minimum Gasteiger partial charge on any atom is -0.497 e. The lowest BCUT2D eigenvalue weighted by atomic mass is 10.1. The van der Waals surface area contributed by atoms with E-state index in [1.165, 1.54) is 6.07 Å². The molecule has 1 unspecified atom stereocenters. The molecule has 1 fully saturated rings. The van der Waals surface area contributed by atoms with Crippen LogP contribution in [0.3, 0.4) is 0 Å². The second-order valence-corrected chi connectivity index (χ2v) is 5.10. The molecule has 1 aliphatic heterocycles. The van der Waals surface area contributed by atoms with Crippen LogP contribution in [0.4, 0.5) is 11.4 Å². The Kier molecular flexibility index (Phi) is 3.93. The van der Waals surface area contributed by atoms with E-state index in [1.54, 1.807) is 19.2 Å². The van der Waals surface area contributed by atoms with Crippen molar-refractivity contribution in [1.29, 1.82) is 0 Å². The molecule has 2 aromatic carbocycles. The van der Waals surface area contributed by atoms with Gasteiger partial charge in [-0.25, -0.2) is 0 Å². The van der Waals surface area contributed by atoms with Gasteiger partial charge in [0.1, 0.15) is 11.9 Å². The molecule has 0 amide bonds. The first-order valence-electron chi connectivity index (χ1n) is 7.07. The summed E-state index contributed by atoms with van der Waals surface area (Å²) in [5.74, 6) is 0.808. The molecule has 3 rings (SSSR count). The Morgan fingerprint density at radius 2 is 2.05 bits per heavy atom. The summed E-state index contributed by atoms with van der Waals surface area (Å²) in [5, 5.41) is 14.3. The van der Waals surface area contributed by atoms with E-state index in [0.29, 0.717) is 0 Å². The van der Waals surface area contributed by atoms with Gasteiger partial charge in [-0.2, -0.15) is 0 Å². The number of nitrogens with zero attached hydrogens (tertiary/aromatic N) is 2. The summed E-state index contributed by atoms with van der Waals surface area (Å²) in [6, 6.07) is 14.6. The van der Waals surface area contributed by atoms with Gasteiger partial charge < -0.3 is 9.64 Å². The molecule has 1 atom stereocenters. The Morgan fingerprint density at radius 3 is 2.73 bits per heavy atom. The normalized spacial score (nSPS) is 17.5. The SMILES string of the molecule is COc1ccc(N2CCNC2c2cccc([N+](=O)[O-])c2)cc1. The number of non-ortho nitro benzene ring substituents is 1. The Hall–Kier alpha value is -2.60. The molecule has 2 aromatic rings. The number of benzene rings is 2. The monoisotopic (exact) mass is 299 g/mol. The van der Waals surface area contributed by atoms with Crippen molar-refractivity contribution < 1.29 is 9.66 Å². The summed E-state index contributed by atoms with van der Waals surface area (Å²) >= 11 is 0. The summed E-state index contributed by atoms with van der Waals surface area (Å²) in [6.45, 7) is 1.68. The average molecular weight is 299 g/mol. The van der Waals surface area contributed by atoms with Crippen LogP contribution in [-0.2, 0) is 0 Å². The first kappa shape index (κ1) is 14.3. The smallest absolute Gasteiger partial charge is 0.269 e. The van der Waals surface area contributed by atoms with Crippen LogP contribution in [0.5, 0.6) is 5.75 Å². The molecule has 0 spiro atoms. The van der Waals surface area contributed by atoms with Gasteiger partial charge in [-0.05, 0) is 29.8 Å². The molecule has 1 aliphatic rings. The van der Waals surface area contributed by atoms with Crippen LogP contribution in [0.25, 0.3) is 0 Å². The van der Waals surface area contributed by atoms with Crippen LogP contribution < -0.4 is 15.0 Å². The van der Waals surface area contributed by atoms with Crippen molar-refractivity contribution in [3.8, 4) is 5.75 Å². The van der Waals surface area contributed by atoms with Crippen molar-refractivity contribution in [2.75, 3.05) is 25.1 Å². The van der Waals surface area contributed by atoms with E-state index in [-0.39, 0.29) is 16.8 Å². The lowest BCUT2D eigenvalue weighted by molar-refractivity contribution is -0.384. The molecule has 1 N–H and O–H groups in total. The van der Waals surface area contributed by atoms with Gasteiger partial charge in [0, 0.05) is 30.9 Å². The van der Waals surface area contributed by atoms with Gasteiger partial charge in [-0.15, -0.1) is 0 Å². The average Bonchev–Trinajstić information content (AvgIpc) is 3.04. The second kappa shape index (κ2) is 6.03. The number of nitro benzene ring substituents is 1. The van der Waals surface area contributed by atoms with Crippen LogP contribution in [-0.4, -0.2) is 25.1 Å². The topological polar surface area (TPSA) is 67.6 Å².